The van der Waals surface area contributed by atoms with Gasteiger partial charge in [0.25, 0.3) is 0 Å². The minimum absolute atomic E-state index is 0.0715. The molecule has 4 heteroatoms. The minimum Gasteiger partial charge on any atom is -0.508 e. The van der Waals surface area contributed by atoms with E-state index < -0.39 is 0 Å². The number of aliphatic hydroxyl groups excluding tert-OH is 1. The van der Waals surface area contributed by atoms with Crippen LogP contribution in [0.2, 0.25) is 0 Å². The van der Waals surface area contributed by atoms with Crippen LogP contribution < -0.4 is 0 Å². The molecule has 0 amide bonds. The van der Waals surface area contributed by atoms with Crippen LogP contribution in [0.4, 0.5) is 0 Å². The highest BCUT2D eigenvalue weighted by atomic mass is 16.5. The van der Waals surface area contributed by atoms with Gasteiger partial charge in [0.1, 0.15) is 5.75 Å². The fraction of sp³-hybridized carbons (Fsp3) is 0.600. The SMILES string of the molecule is CC(Cc1ccc(O)cc1)N(C)CC1(CO)COC1. The predicted octanol–water partition coefficient (Wildman–Crippen LogP) is 1.26. The first-order chi connectivity index (χ1) is 9.04. The smallest absolute Gasteiger partial charge is 0.115 e. The molecule has 0 bridgehead atoms. The molecule has 1 fully saturated rings. The summed E-state index contributed by atoms with van der Waals surface area (Å²) in [5.74, 6) is 0.301. The standard InChI is InChI=1S/C15H23NO3/c1-12(7-13-3-5-14(18)6-4-13)16(2)8-15(9-17)10-19-11-15/h3-6,12,17-18H,7-11H2,1-2H3. The van der Waals surface area contributed by atoms with Gasteiger partial charge in [-0.3, -0.25) is 0 Å². The molecule has 1 saturated heterocycles. The van der Waals surface area contributed by atoms with Gasteiger partial charge in [-0.2, -0.15) is 0 Å². The van der Waals surface area contributed by atoms with Gasteiger partial charge in [-0.05, 0) is 38.1 Å². The van der Waals surface area contributed by atoms with Gasteiger partial charge in [-0.15, -0.1) is 0 Å². The van der Waals surface area contributed by atoms with Gasteiger partial charge in [-0.1, -0.05) is 12.1 Å². The van der Waals surface area contributed by atoms with Gasteiger partial charge >= 0.3 is 0 Å². The summed E-state index contributed by atoms with van der Waals surface area (Å²) in [6.45, 7) is 4.52. The van der Waals surface area contributed by atoms with Crippen molar-refractivity contribution in [1.82, 2.24) is 4.90 Å². The summed E-state index contributed by atoms with van der Waals surface area (Å²) in [5, 5.41) is 18.7. The normalized spacial score (nSPS) is 19.2. The highest BCUT2D eigenvalue weighted by Crippen LogP contribution is 2.28. The van der Waals surface area contributed by atoms with Gasteiger partial charge in [0.05, 0.1) is 25.2 Å². The molecular weight excluding hydrogens is 242 g/mol. The summed E-state index contributed by atoms with van der Waals surface area (Å²) in [5.41, 5.74) is 1.14. The molecule has 4 nitrogen and oxygen atoms in total. The number of benzene rings is 1. The third-order valence-corrected chi connectivity index (χ3v) is 3.96. The molecule has 1 aromatic carbocycles. The Morgan fingerprint density at radius 1 is 1.32 bits per heavy atom. The summed E-state index contributed by atoms with van der Waals surface area (Å²) >= 11 is 0. The van der Waals surface area contributed by atoms with E-state index in [0.29, 0.717) is 25.0 Å². The zero-order valence-electron chi connectivity index (χ0n) is 11.7. The van der Waals surface area contributed by atoms with Crippen molar-refractivity contribution in [3.8, 4) is 5.75 Å². The second-order valence-electron chi connectivity index (χ2n) is 5.79. The number of likely N-dealkylation sites (N-methyl/N-ethyl adjacent to an activating group) is 1. The van der Waals surface area contributed by atoms with E-state index >= 15 is 0 Å². The van der Waals surface area contributed by atoms with Crippen LogP contribution in [0.1, 0.15) is 12.5 Å². The van der Waals surface area contributed by atoms with Gasteiger partial charge < -0.3 is 19.8 Å². The average molecular weight is 265 g/mol. The first-order valence-corrected chi connectivity index (χ1v) is 6.71. The molecule has 1 atom stereocenters. The van der Waals surface area contributed by atoms with Crippen molar-refractivity contribution in [3.05, 3.63) is 29.8 Å². The number of hydrogen-bond acceptors (Lipinski definition) is 4. The van der Waals surface area contributed by atoms with Crippen LogP contribution in [0.15, 0.2) is 24.3 Å². The Hall–Kier alpha value is -1.10. The molecule has 1 heterocycles. The van der Waals surface area contributed by atoms with Crippen molar-refractivity contribution in [2.75, 3.05) is 33.4 Å². The van der Waals surface area contributed by atoms with Crippen LogP contribution in [0, 0.1) is 5.41 Å². The quantitative estimate of drug-likeness (QED) is 0.813. The first-order valence-electron chi connectivity index (χ1n) is 6.71. The molecular formula is C15H23NO3. The molecule has 1 aliphatic heterocycles. The lowest BCUT2D eigenvalue weighted by molar-refractivity contribution is -0.148. The van der Waals surface area contributed by atoms with E-state index in [4.69, 9.17) is 4.74 Å². The molecule has 0 radical (unpaired) electrons. The van der Waals surface area contributed by atoms with E-state index in [1.54, 1.807) is 12.1 Å². The molecule has 106 valence electrons. The number of nitrogens with zero attached hydrogens (tertiary/aromatic N) is 1. The number of phenols is 1. The Bertz CT molecular complexity index is 395. The molecule has 2 rings (SSSR count). The van der Waals surface area contributed by atoms with Gasteiger partial charge in [0.15, 0.2) is 0 Å². The lowest BCUT2D eigenvalue weighted by Crippen LogP contribution is -2.54. The highest BCUT2D eigenvalue weighted by molar-refractivity contribution is 5.26. The molecule has 0 saturated carbocycles. The average Bonchev–Trinajstić information content (AvgIpc) is 2.36. The second-order valence-corrected chi connectivity index (χ2v) is 5.79. The Morgan fingerprint density at radius 2 is 1.95 bits per heavy atom. The Labute approximate surface area is 114 Å². The maximum absolute atomic E-state index is 9.45. The summed E-state index contributed by atoms with van der Waals surface area (Å²) < 4.78 is 5.23. The third-order valence-electron chi connectivity index (χ3n) is 3.96. The van der Waals surface area contributed by atoms with Crippen molar-refractivity contribution in [1.29, 1.82) is 0 Å². The topological polar surface area (TPSA) is 52.9 Å². The van der Waals surface area contributed by atoms with Crippen LogP contribution in [-0.2, 0) is 11.2 Å². The maximum Gasteiger partial charge on any atom is 0.115 e. The summed E-state index contributed by atoms with van der Waals surface area (Å²) in [6, 6.07) is 7.73. The van der Waals surface area contributed by atoms with Gasteiger partial charge in [0.2, 0.25) is 0 Å². The minimum atomic E-state index is -0.0715. The van der Waals surface area contributed by atoms with Crippen LogP contribution in [0.3, 0.4) is 0 Å². The van der Waals surface area contributed by atoms with Crippen molar-refractivity contribution in [2.45, 2.75) is 19.4 Å². The zero-order valence-corrected chi connectivity index (χ0v) is 11.7. The summed E-state index contributed by atoms with van der Waals surface area (Å²) in [6.07, 6.45) is 0.930. The monoisotopic (exact) mass is 265 g/mol. The molecule has 1 aromatic rings. The first kappa shape index (κ1) is 14.3. The zero-order chi connectivity index (χ0) is 13.9. The third kappa shape index (κ3) is 3.47. The number of phenolic OH excluding ortho intramolecular Hbond substituents is 1. The van der Waals surface area contributed by atoms with E-state index in [1.807, 2.05) is 12.1 Å². The van der Waals surface area contributed by atoms with Gasteiger partial charge in [-0.25, -0.2) is 0 Å². The molecule has 0 aliphatic carbocycles. The van der Waals surface area contributed by atoms with Crippen LogP contribution in [0.25, 0.3) is 0 Å². The van der Waals surface area contributed by atoms with Crippen molar-refractivity contribution < 1.29 is 14.9 Å². The van der Waals surface area contributed by atoms with Gasteiger partial charge in [0, 0.05) is 12.6 Å². The van der Waals surface area contributed by atoms with Crippen molar-refractivity contribution in [3.63, 3.8) is 0 Å². The predicted molar refractivity (Wildman–Crippen MR) is 74.2 cm³/mol. The molecule has 1 unspecified atom stereocenters. The lowest BCUT2D eigenvalue weighted by atomic mass is 9.86. The van der Waals surface area contributed by atoms with Crippen molar-refractivity contribution in [2.24, 2.45) is 5.41 Å². The molecule has 2 N–H and O–H groups in total. The number of aromatic hydroxyl groups is 1. The Kier molecular flexibility index (Phi) is 4.45. The number of ether oxygens (including phenoxy) is 1. The molecule has 19 heavy (non-hydrogen) atoms. The highest BCUT2D eigenvalue weighted by Gasteiger charge is 2.39. The van der Waals surface area contributed by atoms with Crippen molar-refractivity contribution >= 4 is 0 Å². The number of hydrogen-bond donors (Lipinski definition) is 2. The maximum atomic E-state index is 9.45. The number of rotatable bonds is 6. The fourth-order valence-corrected chi connectivity index (χ4v) is 2.44. The Balaban J connectivity index is 1.88. The Morgan fingerprint density at radius 3 is 2.42 bits per heavy atom. The molecule has 0 aromatic heterocycles. The number of aliphatic hydroxyl groups is 1. The largest absolute Gasteiger partial charge is 0.508 e. The molecule has 1 aliphatic rings. The summed E-state index contributed by atoms with van der Waals surface area (Å²) in [4.78, 5) is 2.27. The van der Waals surface area contributed by atoms with E-state index in [1.165, 1.54) is 5.56 Å². The summed E-state index contributed by atoms with van der Waals surface area (Å²) in [7, 11) is 2.08. The van der Waals surface area contributed by atoms with E-state index in [0.717, 1.165) is 13.0 Å². The molecule has 0 spiro atoms. The van der Waals surface area contributed by atoms with Crippen LogP contribution in [-0.4, -0.2) is 54.6 Å². The van der Waals surface area contributed by atoms with E-state index in [-0.39, 0.29) is 12.0 Å². The second kappa shape index (κ2) is 5.90. The lowest BCUT2D eigenvalue weighted by Gasteiger charge is -2.43. The van der Waals surface area contributed by atoms with Crippen LogP contribution in [0.5, 0.6) is 5.75 Å². The fourth-order valence-electron chi connectivity index (χ4n) is 2.44. The van der Waals surface area contributed by atoms with Crippen LogP contribution >= 0.6 is 0 Å². The van der Waals surface area contributed by atoms with E-state index in [2.05, 4.69) is 18.9 Å². The van der Waals surface area contributed by atoms with E-state index in [9.17, 15) is 10.2 Å².